The first-order chi connectivity index (χ1) is 6.42. The predicted octanol–water partition coefficient (Wildman–Crippen LogP) is 3.62. The van der Waals surface area contributed by atoms with Gasteiger partial charge in [0, 0.05) is 5.56 Å². The van der Waals surface area contributed by atoms with Crippen LogP contribution in [0.15, 0.2) is 34.5 Å². The highest BCUT2D eigenvalue weighted by molar-refractivity contribution is 5.32. The van der Waals surface area contributed by atoms with Gasteiger partial charge in [-0.3, -0.25) is 0 Å². The molecule has 1 aromatic rings. The van der Waals surface area contributed by atoms with Crippen molar-refractivity contribution in [2.45, 2.75) is 38.8 Å². The standard InChI is InChI=1S/C12H16N2/c1-11(2,3)9-5-7-10(8-6-9)12(4)13-14-12/h5-8H,1-4H3. The Labute approximate surface area is 85.1 Å². The second-order valence-corrected chi connectivity index (χ2v) is 5.05. The van der Waals surface area contributed by atoms with Crippen LogP contribution in [0, 0.1) is 0 Å². The third-order valence-corrected chi connectivity index (χ3v) is 2.70. The highest BCUT2D eigenvalue weighted by atomic mass is 15.4. The molecule has 0 N–H and O–H groups in total. The summed E-state index contributed by atoms with van der Waals surface area (Å²) in [5.41, 5.74) is 2.52. The van der Waals surface area contributed by atoms with Gasteiger partial charge in [-0.2, -0.15) is 10.2 Å². The summed E-state index contributed by atoms with van der Waals surface area (Å²) in [6.07, 6.45) is 0. The molecule has 0 amide bonds. The first-order valence-corrected chi connectivity index (χ1v) is 4.97. The number of nitrogens with zero attached hydrogens (tertiary/aromatic N) is 2. The first-order valence-electron chi connectivity index (χ1n) is 4.97. The van der Waals surface area contributed by atoms with E-state index in [0.717, 1.165) is 0 Å². The Bertz CT molecular complexity index is 338. The lowest BCUT2D eigenvalue weighted by molar-refractivity contribution is 0.589. The van der Waals surface area contributed by atoms with Gasteiger partial charge < -0.3 is 0 Å². The maximum Gasteiger partial charge on any atom is 0.213 e. The van der Waals surface area contributed by atoms with Crippen molar-refractivity contribution in [1.29, 1.82) is 0 Å². The van der Waals surface area contributed by atoms with Crippen LogP contribution in [0.3, 0.4) is 0 Å². The summed E-state index contributed by atoms with van der Waals surface area (Å²) in [5.74, 6) is 0. The lowest BCUT2D eigenvalue weighted by atomic mass is 9.86. The largest absolute Gasteiger partial charge is 0.213 e. The molecule has 74 valence electrons. The Balaban J connectivity index is 2.27. The third kappa shape index (κ3) is 1.57. The van der Waals surface area contributed by atoms with Crippen molar-refractivity contribution in [3.8, 4) is 0 Å². The van der Waals surface area contributed by atoms with E-state index in [0.29, 0.717) is 0 Å². The van der Waals surface area contributed by atoms with Crippen LogP contribution in [-0.2, 0) is 11.1 Å². The average molecular weight is 188 g/mol. The van der Waals surface area contributed by atoms with E-state index in [1.54, 1.807) is 0 Å². The molecule has 0 saturated heterocycles. The lowest BCUT2D eigenvalue weighted by Crippen LogP contribution is -2.11. The van der Waals surface area contributed by atoms with Crippen LogP contribution < -0.4 is 0 Å². The predicted molar refractivity (Wildman–Crippen MR) is 57.4 cm³/mol. The fourth-order valence-corrected chi connectivity index (χ4v) is 1.48. The van der Waals surface area contributed by atoms with Crippen LogP contribution in [-0.4, -0.2) is 0 Å². The van der Waals surface area contributed by atoms with Crippen molar-refractivity contribution in [3.63, 3.8) is 0 Å². The van der Waals surface area contributed by atoms with Gasteiger partial charge in [0.05, 0.1) is 0 Å². The smallest absolute Gasteiger partial charge is 0.154 e. The van der Waals surface area contributed by atoms with Gasteiger partial charge in [0.25, 0.3) is 0 Å². The minimum atomic E-state index is -0.240. The molecule has 0 unspecified atom stereocenters. The first kappa shape index (κ1) is 9.38. The fourth-order valence-electron chi connectivity index (χ4n) is 1.48. The molecule has 2 heteroatoms. The molecule has 1 aromatic carbocycles. The molecule has 0 radical (unpaired) electrons. The maximum absolute atomic E-state index is 4.02. The van der Waals surface area contributed by atoms with E-state index in [9.17, 15) is 0 Å². The number of hydrogen-bond acceptors (Lipinski definition) is 2. The molecule has 0 spiro atoms. The van der Waals surface area contributed by atoms with Crippen molar-refractivity contribution in [1.82, 2.24) is 0 Å². The van der Waals surface area contributed by atoms with Crippen LogP contribution in [0.25, 0.3) is 0 Å². The molecule has 0 bridgehead atoms. The summed E-state index contributed by atoms with van der Waals surface area (Å²) in [6.45, 7) is 8.68. The van der Waals surface area contributed by atoms with E-state index in [1.807, 2.05) is 6.92 Å². The monoisotopic (exact) mass is 188 g/mol. The van der Waals surface area contributed by atoms with Crippen LogP contribution in [0.4, 0.5) is 0 Å². The highest BCUT2D eigenvalue weighted by Gasteiger charge is 2.35. The second-order valence-electron chi connectivity index (χ2n) is 5.05. The van der Waals surface area contributed by atoms with Crippen LogP contribution >= 0.6 is 0 Å². The third-order valence-electron chi connectivity index (χ3n) is 2.70. The van der Waals surface area contributed by atoms with Crippen molar-refractivity contribution < 1.29 is 0 Å². The SMILES string of the molecule is CC(C)(C)c1ccc(C2(C)N=N2)cc1. The zero-order valence-corrected chi connectivity index (χ0v) is 9.20. The Morgan fingerprint density at radius 3 is 1.86 bits per heavy atom. The summed E-state index contributed by atoms with van der Waals surface area (Å²) in [6, 6.07) is 8.59. The lowest BCUT2D eigenvalue weighted by Gasteiger charge is -2.19. The van der Waals surface area contributed by atoms with E-state index < -0.39 is 0 Å². The molecule has 1 aliphatic heterocycles. The van der Waals surface area contributed by atoms with Gasteiger partial charge in [-0.25, -0.2) is 0 Å². The molecule has 0 atom stereocenters. The molecule has 0 aromatic heterocycles. The highest BCUT2D eigenvalue weighted by Crippen LogP contribution is 2.39. The van der Waals surface area contributed by atoms with E-state index >= 15 is 0 Å². The molecule has 14 heavy (non-hydrogen) atoms. The molecule has 2 nitrogen and oxygen atoms in total. The molecule has 1 heterocycles. The average Bonchev–Trinajstić information content (AvgIpc) is 2.84. The summed E-state index contributed by atoms with van der Waals surface area (Å²) in [5, 5.41) is 8.04. The summed E-state index contributed by atoms with van der Waals surface area (Å²) in [4.78, 5) is 0. The number of benzene rings is 1. The van der Waals surface area contributed by atoms with Gasteiger partial charge in [0.2, 0.25) is 5.66 Å². The summed E-state index contributed by atoms with van der Waals surface area (Å²) < 4.78 is 0. The van der Waals surface area contributed by atoms with Crippen LogP contribution in [0.5, 0.6) is 0 Å². The van der Waals surface area contributed by atoms with Crippen molar-refractivity contribution >= 4 is 0 Å². The van der Waals surface area contributed by atoms with Gasteiger partial charge in [-0.05, 0) is 17.9 Å². The fraction of sp³-hybridized carbons (Fsp3) is 0.500. The molecule has 1 aliphatic rings. The normalized spacial score (nSPS) is 18.3. The summed E-state index contributed by atoms with van der Waals surface area (Å²) in [7, 11) is 0. The topological polar surface area (TPSA) is 24.7 Å². The minimum absolute atomic E-state index is 0.220. The van der Waals surface area contributed by atoms with E-state index in [1.165, 1.54) is 11.1 Å². The quantitative estimate of drug-likeness (QED) is 0.643. The molecule has 2 rings (SSSR count). The Morgan fingerprint density at radius 1 is 1.00 bits per heavy atom. The van der Waals surface area contributed by atoms with Gasteiger partial charge in [-0.15, -0.1) is 0 Å². The van der Waals surface area contributed by atoms with Gasteiger partial charge in [-0.1, -0.05) is 45.0 Å². The van der Waals surface area contributed by atoms with Gasteiger partial charge >= 0.3 is 0 Å². The zero-order valence-electron chi connectivity index (χ0n) is 9.20. The van der Waals surface area contributed by atoms with Gasteiger partial charge in [0.1, 0.15) is 0 Å². The maximum atomic E-state index is 4.02. The van der Waals surface area contributed by atoms with Gasteiger partial charge in [0.15, 0.2) is 0 Å². The van der Waals surface area contributed by atoms with E-state index in [-0.39, 0.29) is 11.1 Å². The van der Waals surface area contributed by atoms with Crippen LogP contribution in [0.2, 0.25) is 0 Å². The molecule has 0 fully saturated rings. The van der Waals surface area contributed by atoms with Crippen LogP contribution in [0.1, 0.15) is 38.8 Å². The zero-order chi connectivity index (χ0) is 10.4. The molecular formula is C12H16N2. The molecule has 0 saturated carbocycles. The number of rotatable bonds is 1. The Morgan fingerprint density at radius 2 is 1.50 bits per heavy atom. The Kier molecular flexibility index (Phi) is 1.78. The molecule has 0 aliphatic carbocycles. The second kappa shape index (κ2) is 2.66. The van der Waals surface area contributed by atoms with Crippen molar-refractivity contribution in [3.05, 3.63) is 35.4 Å². The van der Waals surface area contributed by atoms with E-state index in [4.69, 9.17) is 0 Å². The molecular weight excluding hydrogens is 172 g/mol. The van der Waals surface area contributed by atoms with E-state index in [2.05, 4.69) is 55.3 Å². The minimum Gasteiger partial charge on any atom is -0.154 e. The summed E-state index contributed by atoms with van der Waals surface area (Å²) >= 11 is 0. The van der Waals surface area contributed by atoms with Crippen molar-refractivity contribution in [2.24, 2.45) is 10.2 Å². The number of hydrogen-bond donors (Lipinski definition) is 0. The van der Waals surface area contributed by atoms with Crippen molar-refractivity contribution in [2.75, 3.05) is 0 Å². The Hall–Kier alpha value is -1.18.